The fourth-order valence-corrected chi connectivity index (χ4v) is 3.98. The zero-order valence-corrected chi connectivity index (χ0v) is 15.8. The number of fused-ring (bicyclic) bond motifs is 2. The van der Waals surface area contributed by atoms with Gasteiger partial charge in [0.2, 0.25) is 0 Å². The molecule has 5 heteroatoms. The summed E-state index contributed by atoms with van der Waals surface area (Å²) >= 11 is 8.06. The summed E-state index contributed by atoms with van der Waals surface area (Å²) in [6.45, 7) is 2.16. The van der Waals surface area contributed by atoms with Crippen molar-refractivity contribution in [2.24, 2.45) is 0 Å². The number of para-hydroxylation sites is 1. The second-order valence-corrected chi connectivity index (χ2v) is 7.36. The molecule has 0 aromatic heterocycles. The van der Waals surface area contributed by atoms with Gasteiger partial charge in [0.25, 0.3) is 0 Å². The average molecular weight is 369 g/mol. The molecule has 0 saturated carbocycles. The first-order valence-corrected chi connectivity index (χ1v) is 8.83. The quantitative estimate of drug-likeness (QED) is 0.624. The van der Waals surface area contributed by atoms with Crippen molar-refractivity contribution in [3.05, 3.63) is 47.5 Å². The zero-order valence-electron chi connectivity index (χ0n) is 13.5. The van der Waals surface area contributed by atoms with E-state index in [9.17, 15) is 0 Å². The van der Waals surface area contributed by atoms with Crippen molar-refractivity contribution in [3.8, 4) is 0 Å². The number of unbranched alkanes of at least 4 members (excludes halogenated alkanes) is 1. The Kier molecular flexibility index (Phi) is 6.66. The van der Waals surface area contributed by atoms with Gasteiger partial charge in [0, 0.05) is 21.4 Å². The van der Waals surface area contributed by atoms with Crippen molar-refractivity contribution in [3.63, 3.8) is 0 Å². The molecule has 1 heterocycles. The Bertz CT molecular complexity index is 661. The largest absolute Gasteiger partial charge is 0.340 e. The van der Waals surface area contributed by atoms with Crippen molar-refractivity contribution in [2.75, 3.05) is 32.1 Å². The van der Waals surface area contributed by atoms with E-state index >= 15 is 0 Å². The third kappa shape index (κ3) is 4.36. The van der Waals surface area contributed by atoms with E-state index in [0.717, 1.165) is 18.1 Å². The SMILES string of the molecule is CN(C)CCCCN1c2ccccc2Sc2ccc(Cl)cc21.Cl. The van der Waals surface area contributed by atoms with Crippen LogP contribution in [0.4, 0.5) is 11.4 Å². The lowest BCUT2D eigenvalue weighted by Crippen LogP contribution is -2.23. The van der Waals surface area contributed by atoms with E-state index in [-0.39, 0.29) is 12.4 Å². The maximum absolute atomic E-state index is 6.23. The second kappa shape index (κ2) is 8.29. The molecule has 0 spiro atoms. The standard InChI is InChI=1S/C18H21ClN2S.ClH/c1-20(2)11-5-6-12-21-15-7-3-4-8-17(15)22-18-10-9-14(19)13-16(18)21;/h3-4,7-10,13H,5-6,11-12H2,1-2H3;1H. The molecule has 124 valence electrons. The Morgan fingerprint density at radius 2 is 1.74 bits per heavy atom. The molecule has 0 N–H and O–H groups in total. The van der Waals surface area contributed by atoms with Crippen LogP contribution in [-0.2, 0) is 0 Å². The molecular weight excluding hydrogens is 347 g/mol. The third-order valence-electron chi connectivity index (χ3n) is 3.82. The molecule has 1 aliphatic heterocycles. The topological polar surface area (TPSA) is 6.48 Å². The predicted molar refractivity (Wildman–Crippen MR) is 104 cm³/mol. The predicted octanol–water partition coefficient (Wildman–Crippen LogP) is 5.71. The van der Waals surface area contributed by atoms with Gasteiger partial charge in [-0.05, 0) is 63.8 Å². The van der Waals surface area contributed by atoms with Crippen LogP contribution in [0, 0.1) is 0 Å². The smallest absolute Gasteiger partial charge is 0.0567 e. The highest BCUT2D eigenvalue weighted by Gasteiger charge is 2.22. The van der Waals surface area contributed by atoms with Crippen molar-refractivity contribution in [1.29, 1.82) is 0 Å². The Balaban J connectivity index is 0.00000192. The van der Waals surface area contributed by atoms with Crippen molar-refractivity contribution in [2.45, 2.75) is 22.6 Å². The highest BCUT2D eigenvalue weighted by atomic mass is 35.5. The average Bonchev–Trinajstić information content (AvgIpc) is 2.50. The van der Waals surface area contributed by atoms with Gasteiger partial charge >= 0.3 is 0 Å². The van der Waals surface area contributed by atoms with Gasteiger partial charge in [-0.3, -0.25) is 0 Å². The van der Waals surface area contributed by atoms with Crippen molar-refractivity contribution in [1.82, 2.24) is 4.90 Å². The summed E-state index contributed by atoms with van der Waals surface area (Å²) < 4.78 is 0. The minimum Gasteiger partial charge on any atom is -0.340 e. The Morgan fingerprint density at radius 1 is 1.00 bits per heavy atom. The molecule has 0 saturated heterocycles. The minimum atomic E-state index is 0. The summed E-state index contributed by atoms with van der Waals surface area (Å²) in [6.07, 6.45) is 2.37. The van der Waals surface area contributed by atoms with Gasteiger partial charge in [0.05, 0.1) is 11.4 Å². The van der Waals surface area contributed by atoms with E-state index in [4.69, 9.17) is 11.6 Å². The van der Waals surface area contributed by atoms with Gasteiger partial charge in [-0.1, -0.05) is 35.5 Å². The van der Waals surface area contributed by atoms with Crippen LogP contribution in [-0.4, -0.2) is 32.1 Å². The highest BCUT2D eigenvalue weighted by Crippen LogP contribution is 2.48. The van der Waals surface area contributed by atoms with Crippen LogP contribution in [0.25, 0.3) is 0 Å². The van der Waals surface area contributed by atoms with Gasteiger partial charge in [-0.25, -0.2) is 0 Å². The van der Waals surface area contributed by atoms with Crippen LogP contribution >= 0.6 is 35.8 Å². The maximum Gasteiger partial charge on any atom is 0.0567 e. The number of anilines is 2. The molecule has 0 aliphatic carbocycles. The summed E-state index contributed by atoms with van der Waals surface area (Å²) in [4.78, 5) is 7.27. The lowest BCUT2D eigenvalue weighted by molar-refractivity contribution is 0.395. The van der Waals surface area contributed by atoms with E-state index in [2.05, 4.69) is 60.3 Å². The molecule has 3 rings (SSSR count). The first kappa shape index (κ1) is 18.5. The molecule has 0 bridgehead atoms. The Labute approximate surface area is 154 Å². The van der Waals surface area contributed by atoms with Gasteiger partial charge in [0.15, 0.2) is 0 Å². The second-order valence-electron chi connectivity index (χ2n) is 5.84. The Hall–Kier alpha value is -0.870. The summed E-state index contributed by atoms with van der Waals surface area (Å²) in [6, 6.07) is 14.8. The molecule has 0 unspecified atom stereocenters. The van der Waals surface area contributed by atoms with E-state index in [1.54, 1.807) is 0 Å². The van der Waals surface area contributed by atoms with Crippen LogP contribution in [0.15, 0.2) is 52.3 Å². The highest BCUT2D eigenvalue weighted by molar-refractivity contribution is 7.99. The summed E-state index contributed by atoms with van der Waals surface area (Å²) in [5, 5.41) is 0.803. The molecular formula is C18H22Cl2N2S. The number of hydrogen-bond donors (Lipinski definition) is 0. The molecule has 1 aliphatic rings. The molecule has 0 amide bonds. The molecule has 2 aromatic carbocycles. The molecule has 23 heavy (non-hydrogen) atoms. The van der Waals surface area contributed by atoms with Crippen molar-refractivity contribution < 1.29 is 0 Å². The lowest BCUT2D eigenvalue weighted by Gasteiger charge is -2.33. The summed E-state index contributed by atoms with van der Waals surface area (Å²) in [7, 11) is 4.25. The molecule has 2 nitrogen and oxygen atoms in total. The number of benzene rings is 2. The molecule has 2 aromatic rings. The van der Waals surface area contributed by atoms with Crippen LogP contribution in [0.1, 0.15) is 12.8 Å². The number of hydrogen-bond acceptors (Lipinski definition) is 3. The fourth-order valence-electron chi connectivity index (χ4n) is 2.74. The van der Waals surface area contributed by atoms with Crippen LogP contribution in [0.2, 0.25) is 5.02 Å². The van der Waals surface area contributed by atoms with E-state index in [0.29, 0.717) is 0 Å². The van der Waals surface area contributed by atoms with Crippen LogP contribution < -0.4 is 4.90 Å². The lowest BCUT2D eigenvalue weighted by atomic mass is 10.2. The Morgan fingerprint density at radius 3 is 2.52 bits per heavy atom. The fraction of sp³-hybridized carbons (Fsp3) is 0.333. The number of rotatable bonds is 5. The first-order chi connectivity index (χ1) is 10.6. The van der Waals surface area contributed by atoms with Crippen LogP contribution in [0.3, 0.4) is 0 Å². The van der Waals surface area contributed by atoms with Gasteiger partial charge < -0.3 is 9.80 Å². The van der Waals surface area contributed by atoms with Gasteiger partial charge in [0.1, 0.15) is 0 Å². The minimum absolute atomic E-state index is 0. The normalized spacial score (nSPS) is 12.6. The van der Waals surface area contributed by atoms with E-state index < -0.39 is 0 Å². The van der Waals surface area contributed by atoms with Gasteiger partial charge in [-0.2, -0.15) is 0 Å². The van der Waals surface area contributed by atoms with E-state index in [1.807, 2.05) is 17.8 Å². The zero-order chi connectivity index (χ0) is 15.5. The maximum atomic E-state index is 6.23. The third-order valence-corrected chi connectivity index (χ3v) is 5.19. The van der Waals surface area contributed by atoms with Crippen molar-refractivity contribution >= 4 is 47.1 Å². The molecule has 0 radical (unpaired) electrons. The molecule has 0 atom stereocenters. The first-order valence-electron chi connectivity index (χ1n) is 7.64. The van der Waals surface area contributed by atoms with E-state index in [1.165, 1.54) is 34.0 Å². The van der Waals surface area contributed by atoms with Gasteiger partial charge in [-0.15, -0.1) is 12.4 Å². The number of nitrogens with zero attached hydrogens (tertiary/aromatic N) is 2. The monoisotopic (exact) mass is 368 g/mol. The molecule has 0 fully saturated rings. The summed E-state index contributed by atoms with van der Waals surface area (Å²) in [5.41, 5.74) is 2.54. The number of halogens is 2. The van der Waals surface area contributed by atoms with Crippen LogP contribution in [0.5, 0.6) is 0 Å². The summed E-state index contributed by atoms with van der Waals surface area (Å²) in [5.74, 6) is 0.